The lowest BCUT2D eigenvalue weighted by molar-refractivity contribution is -0.144. The number of hydrogen-bond acceptors (Lipinski definition) is 6. The van der Waals surface area contributed by atoms with Crippen molar-refractivity contribution in [2.75, 3.05) is 26.7 Å². The van der Waals surface area contributed by atoms with Crippen LogP contribution >= 0.6 is 23.2 Å². The van der Waals surface area contributed by atoms with E-state index in [4.69, 9.17) is 32.7 Å². The molecule has 0 spiro atoms. The molecule has 3 aromatic carbocycles. The molecule has 1 heterocycles. The number of allylic oxidation sites excluding steroid dienone is 2. The van der Waals surface area contributed by atoms with Crippen LogP contribution in [-0.2, 0) is 19.1 Å². The van der Waals surface area contributed by atoms with Crippen LogP contribution in [0.3, 0.4) is 0 Å². The van der Waals surface area contributed by atoms with Crippen molar-refractivity contribution in [1.29, 1.82) is 0 Å². The highest BCUT2D eigenvalue weighted by molar-refractivity contribution is 6.42. The van der Waals surface area contributed by atoms with E-state index < -0.39 is 24.0 Å². The number of carbonyl (C=O) groups excluding carboxylic acids is 2. The van der Waals surface area contributed by atoms with Crippen molar-refractivity contribution in [3.63, 3.8) is 0 Å². The third kappa shape index (κ3) is 8.81. The molecule has 0 fully saturated rings. The van der Waals surface area contributed by atoms with Gasteiger partial charge in [-0.15, -0.1) is 0 Å². The maximum absolute atomic E-state index is 14.0. The van der Waals surface area contributed by atoms with Crippen LogP contribution < -0.4 is 5.32 Å². The van der Waals surface area contributed by atoms with Crippen molar-refractivity contribution < 1.29 is 19.1 Å². The van der Waals surface area contributed by atoms with Crippen LogP contribution in [0.15, 0.2) is 101 Å². The van der Waals surface area contributed by atoms with Gasteiger partial charge in [0, 0.05) is 23.9 Å². The zero-order chi connectivity index (χ0) is 33.4. The normalized spacial score (nSPS) is 15.8. The van der Waals surface area contributed by atoms with E-state index >= 15 is 0 Å². The summed E-state index contributed by atoms with van der Waals surface area (Å²) in [6.07, 6.45) is 0.476. The predicted octanol–water partition coefficient (Wildman–Crippen LogP) is 8.51. The van der Waals surface area contributed by atoms with Gasteiger partial charge in [0.2, 0.25) is 0 Å². The Balaban J connectivity index is 1.51. The monoisotopic (exact) mass is 662 g/mol. The van der Waals surface area contributed by atoms with E-state index in [1.165, 1.54) is 11.1 Å². The minimum Gasteiger partial charge on any atom is -0.462 e. The maximum Gasteiger partial charge on any atom is 0.337 e. The molecule has 1 aliphatic rings. The fraction of sp³-hybridized carbons (Fsp3) is 0.368. The number of benzene rings is 3. The second-order valence-electron chi connectivity index (χ2n) is 12.4. The predicted molar refractivity (Wildman–Crippen MR) is 186 cm³/mol. The Kier molecular flexibility index (Phi) is 12.5. The molecule has 6 nitrogen and oxygen atoms in total. The highest BCUT2D eigenvalue weighted by Crippen LogP contribution is 2.43. The first kappa shape index (κ1) is 35.3. The fourth-order valence-corrected chi connectivity index (χ4v) is 6.39. The number of nitrogens with one attached hydrogen (secondary N) is 1. The minimum atomic E-state index is -0.818. The van der Waals surface area contributed by atoms with E-state index in [-0.39, 0.29) is 23.5 Å². The van der Waals surface area contributed by atoms with Gasteiger partial charge in [-0.2, -0.15) is 0 Å². The van der Waals surface area contributed by atoms with Crippen molar-refractivity contribution in [2.45, 2.75) is 59.0 Å². The lowest BCUT2D eigenvalue weighted by Gasteiger charge is -2.32. The molecule has 0 amide bonds. The zero-order valence-electron chi connectivity index (χ0n) is 27.5. The lowest BCUT2D eigenvalue weighted by Crippen LogP contribution is -2.36. The summed E-state index contributed by atoms with van der Waals surface area (Å²) in [4.78, 5) is 29.6. The summed E-state index contributed by atoms with van der Waals surface area (Å²) in [6, 6.07) is 26.2. The second-order valence-corrected chi connectivity index (χ2v) is 13.2. The summed E-state index contributed by atoms with van der Waals surface area (Å²) in [6.45, 7) is 11.0. The van der Waals surface area contributed by atoms with Crippen LogP contribution in [0.5, 0.6) is 0 Å². The molecule has 244 valence electrons. The zero-order valence-corrected chi connectivity index (χ0v) is 29.0. The molecular weight excluding hydrogens is 619 g/mol. The quantitative estimate of drug-likeness (QED) is 0.185. The van der Waals surface area contributed by atoms with Gasteiger partial charge >= 0.3 is 11.9 Å². The molecule has 0 saturated carbocycles. The summed E-state index contributed by atoms with van der Waals surface area (Å²) >= 11 is 13.1. The van der Waals surface area contributed by atoms with Gasteiger partial charge in [0.1, 0.15) is 6.10 Å². The smallest absolute Gasteiger partial charge is 0.337 e. The van der Waals surface area contributed by atoms with Crippen LogP contribution in [-0.4, -0.2) is 49.7 Å². The molecule has 0 aromatic heterocycles. The summed E-state index contributed by atoms with van der Waals surface area (Å²) in [5.74, 6) is -1.47. The van der Waals surface area contributed by atoms with E-state index in [9.17, 15) is 9.59 Å². The number of halogens is 2. The Morgan fingerprint density at radius 1 is 0.826 bits per heavy atom. The SMILES string of the molecule is CC1=C(C(=O)OCC(C)C)C(c2cccc(Cl)c2Cl)C(C(=O)OC(C)CN(C)CCC(c2ccccc2)c2ccccc2)=C(C)N1. The molecule has 46 heavy (non-hydrogen) atoms. The van der Waals surface area contributed by atoms with Crippen molar-refractivity contribution in [1.82, 2.24) is 10.2 Å². The van der Waals surface area contributed by atoms with Gasteiger partial charge in [-0.25, -0.2) is 9.59 Å². The fourth-order valence-electron chi connectivity index (χ4n) is 5.97. The average Bonchev–Trinajstić information content (AvgIpc) is 3.02. The van der Waals surface area contributed by atoms with Crippen molar-refractivity contribution >= 4 is 35.1 Å². The Bertz CT molecular complexity index is 1530. The number of likely N-dealkylation sites (N-methyl/N-ethyl adjacent to an activating group) is 1. The first-order chi connectivity index (χ1) is 22.0. The van der Waals surface area contributed by atoms with E-state index in [2.05, 4.69) is 58.7 Å². The molecule has 8 heteroatoms. The van der Waals surface area contributed by atoms with Crippen molar-refractivity contribution in [2.24, 2.45) is 5.92 Å². The molecule has 1 N–H and O–H groups in total. The molecule has 2 unspecified atom stereocenters. The van der Waals surface area contributed by atoms with E-state index in [1.54, 1.807) is 32.0 Å². The number of rotatable bonds is 13. The minimum absolute atomic E-state index is 0.143. The van der Waals surface area contributed by atoms with Crippen LogP contribution in [0.1, 0.15) is 69.6 Å². The average molecular weight is 664 g/mol. The summed E-state index contributed by atoms with van der Waals surface area (Å²) in [7, 11) is 2.04. The first-order valence-electron chi connectivity index (χ1n) is 15.8. The van der Waals surface area contributed by atoms with Crippen LogP contribution in [0.4, 0.5) is 0 Å². The van der Waals surface area contributed by atoms with Gasteiger partial charge in [0.25, 0.3) is 0 Å². The van der Waals surface area contributed by atoms with Gasteiger partial charge in [-0.1, -0.05) is 110 Å². The molecule has 3 aromatic rings. The molecule has 1 aliphatic heterocycles. The van der Waals surface area contributed by atoms with Gasteiger partial charge in [0.05, 0.1) is 33.7 Å². The number of ether oxygens (including phenoxy) is 2. The number of hydrogen-bond donors (Lipinski definition) is 1. The molecular formula is C38H44Cl2N2O4. The molecule has 0 radical (unpaired) electrons. The summed E-state index contributed by atoms with van der Waals surface area (Å²) in [5, 5.41) is 3.81. The Labute approximate surface area is 283 Å². The van der Waals surface area contributed by atoms with E-state index in [0.29, 0.717) is 39.7 Å². The van der Waals surface area contributed by atoms with Crippen LogP contribution in [0.2, 0.25) is 10.0 Å². The highest BCUT2D eigenvalue weighted by atomic mass is 35.5. The standard InChI is InChI=1S/C38H44Cl2N2O4/c1-24(2)23-45-37(43)33-26(4)41-27(5)34(35(33)31-18-13-19-32(39)36(31)40)38(44)46-25(3)22-42(6)21-20-30(28-14-9-7-10-15-28)29-16-11-8-12-17-29/h7-19,24-25,30,35,41H,20-23H2,1-6H3. The van der Waals surface area contributed by atoms with Gasteiger partial charge in [-0.05, 0) is 69.5 Å². The van der Waals surface area contributed by atoms with Crippen molar-refractivity contribution in [3.05, 3.63) is 128 Å². The Morgan fingerprint density at radius 3 is 1.96 bits per heavy atom. The topological polar surface area (TPSA) is 67.9 Å². The molecule has 0 bridgehead atoms. The van der Waals surface area contributed by atoms with Gasteiger partial charge in [0.15, 0.2) is 0 Å². The van der Waals surface area contributed by atoms with E-state index in [1.807, 2.05) is 40.0 Å². The first-order valence-corrected chi connectivity index (χ1v) is 16.5. The van der Waals surface area contributed by atoms with Crippen LogP contribution in [0.25, 0.3) is 0 Å². The molecule has 4 rings (SSSR count). The third-order valence-electron chi connectivity index (χ3n) is 8.12. The lowest BCUT2D eigenvalue weighted by atomic mass is 9.80. The molecule has 0 saturated heterocycles. The van der Waals surface area contributed by atoms with Gasteiger partial charge in [-0.3, -0.25) is 0 Å². The number of nitrogens with zero attached hydrogens (tertiary/aromatic N) is 1. The summed E-state index contributed by atoms with van der Waals surface area (Å²) < 4.78 is 11.7. The second kappa shape index (κ2) is 16.3. The summed E-state index contributed by atoms with van der Waals surface area (Å²) in [5.41, 5.74) is 4.85. The van der Waals surface area contributed by atoms with Crippen molar-refractivity contribution in [3.8, 4) is 0 Å². The van der Waals surface area contributed by atoms with Crippen LogP contribution in [0, 0.1) is 5.92 Å². The third-order valence-corrected chi connectivity index (χ3v) is 8.95. The van der Waals surface area contributed by atoms with E-state index in [0.717, 1.165) is 13.0 Å². The van der Waals surface area contributed by atoms with Gasteiger partial charge < -0.3 is 19.7 Å². The number of esters is 2. The number of carbonyl (C=O) groups is 2. The Morgan fingerprint density at radius 2 is 1.39 bits per heavy atom. The highest BCUT2D eigenvalue weighted by Gasteiger charge is 2.39. The molecule has 2 atom stereocenters. The molecule has 0 aliphatic carbocycles. The largest absolute Gasteiger partial charge is 0.462 e. The Hall–Kier alpha value is -3.58. The number of dihydropyridines is 1. The maximum atomic E-state index is 14.0.